The second-order valence-electron chi connectivity index (χ2n) is 7.20. The molecule has 0 aliphatic rings. The number of carbonyl (C=O) groups is 1. The van der Waals surface area contributed by atoms with Gasteiger partial charge in [0.05, 0.1) is 17.5 Å². The van der Waals surface area contributed by atoms with Gasteiger partial charge in [-0.05, 0) is 38.0 Å². The Morgan fingerprint density at radius 2 is 1.94 bits per heavy atom. The second kappa shape index (κ2) is 8.83. The summed E-state index contributed by atoms with van der Waals surface area (Å²) in [5.74, 6) is 0.564. The number of nitrogens with one attached hydrogen (secondary N) is 1. The van der Waals surface area contributed by atoms with Crippen LogP contribution in [0, 0.1) is 6.92 Å². The number of aryl methyl sites for hydroxylation is 1. The van der Waals surface area contributed by atoms with E-state index >= 15 is 0 Å². The number of furan rings is 1. The summed E-state index contributed by atoms with van der Waals surface area (Å²) < 4.78 is 12.0. The highest BCUT2D eigenvalue weighted by atomic mass is 16.5. The van der Waals surface area contributed by atoms with Crippen LogP contribution in [0.15, 0.2) is 74.6 Å². The number of hydrogen-bond acceptors (Lipinski definition) is 6. The van der Waals surface area contributed by atoms with Crippen molar-refractivity contribution in [2.75, 3.05) is 6.54 Å². The van der Waals surface area contributed by atoms with Gasteiger partial charge in [0.25, 0.3) is 5.56 Å². The highest BCUT2D eigenvalue weighted by Gasteiger charge is 2.23. The highest BCUT2D eigenvalue weighted by molar-refractivity contribution is 5.80. The maximum absolute atomic E-state index is 12.8. The quantitative estimate of drug-likeness (QED) is 0.493. The molecule has 158 valence electrons. The molecule has 0 fully saturated rings. The highest BCUT2D eigenvalue weighted by Crippen LogP contribution is 2.30. The first-order chi connectivity index (χ1) is 15.0. The molecule has 0 saturated carbocycles. The predicted octanol–water partition coefficient (Wildman–Crippen LogP) is 3.39. The van der Waals surface area contributed by atoms with Crippen LogP contribution in [-0.4, -0.2) is 27.4 Å². The molecule has 1 N–H and O–H groups in total. The van der Waals surface area contributed by atoms with Gasteiger partial charge in [0.15, 0.2) is 11.5 Å². The van der Waals surface area contributed by atoms with Crippen LogP contribution in [0.3, 0.4) is 0 Å². The molecule has 8 nitrogen and oxygen atoms in total. The maximum Gasteiger partial charge on any atom is 0.268 e. The summed E-state index contributed by atoms with van der Waals surface area (Å²) in [5.41, 5.74) is 2.22. The van der Waals surface area contributed by atoms with Gasteiger partial charge in [-0.2, -0.15) is 5.10 Å². The summed E-state index contributed by atoms with van der Waals surface area (Å²) in [6.07, 6.45) is 2.21. The van der Waals surface area contributed by atoms with Crippen molar-refractivity contribution in [3.63, 3.8) is 0 Å². The number of nitrogens with zero attached hydrogens (tertiary/aromatic N) is 3. The van der Waals surface area contributed by atoms with Gasteiger partial charge in [0, 0.05) is 18.7 Å². The van der Waals surface area contributed by atoms with Gasteiger partial charge in [-0.3, -0.25) is 9.59 Å². The van der Waals surface area contributed by atoms with Crippen LogP contribution >= 0.6 is 0 Å². The van der Waals surface area contributed by atoms with E-state index in [1.807, 2.05) is 30.3 Å². The molecule has 0 unspecified atom stereocenters. The Morgan fingerprint density at radius 3 is 2.61 bits per heavy atom. The minimum atomic E-state index is -0.803. The van der Waals surface area contributed by atoms with E-state index in [-0.39, 0.29) is 5.91 Å². The Morgan fingerprint density at radius 1 is 1.13 bits per heavy atom. The molecule has 3 heterocycles. The van der Waals surface area contributed by atoms with Crippen molar-refractivity contribution in [1.29, 1.82) is 0 Å². The molecule has 0 aliphatic heterocycles. The number of aromatic nitrogens is 3. The molecule has 0 radical (unpaired) electrons. The standard InChI is InChI=1S/C23H22N4O4/c1-15-13-20(31-26-15)18-14-21(28)27(25-22(18)19-9-6-12-30-19)16(2)23(29)24-11-10-17-7-4-3-5-8-17/h3-9,12-14,16H,10-11H2,1-2H3,(H,24,29)/t16-/m0/s1. The van der Waals surface area contributed by atoms with E-state index in [0.29, 0.717) is 41.4 Å². The minimum absolute atomic E-state index is 0.292. The number of rotatable bonds is 7. The van der Waals surface area contributed by atoms with E-state index in [1.165, 1.54) is 12.3 Å². The zero-order valence-corrected chi connectivity index (χ0v) is 17.2. The van der Waals surface area contributed by atoms with Crippen LogP contribution in [-0.2, 0) is 11.2 Å². The fourth-order valence-corrected chi connectivity index (χ4v) is 3.25. The molecule has 0 aliphatic carbocycles. The normalized spacial score (nSPS) is 11.9. The van der Waals surface area contributed by atoms with E-state index in [0.717, 1.165) is 10.2 Å². The fourth-order valence-electron chi connectivity index (χ4n) is 3.25. The van der Waals surface area contributed by atoms with Crippen LogP contribution in [0.1, 0.15) is 24.2 Å². The summed E-state index contributed by atoms with van der Waals surface area (Å²) in [5, 5.41) is 11.2. The molecule has 4 aromatic rings. The lowest BCUT2D eigenvalue weighted by atomic mass is 10.1. The van der Waals surface area contributed by atoms with Crippen LogP contribution < -0.4 is 10.9 Å². The summed E-state index contributed by atoms with van der Waals surface area (Å²) in [6, 6.07) is 15.6. The maximum atomic E-state index is 12.8. The fraction of sp³-hybridized carbons (Fsp3) is 0.217. The van der Waals surface area contributed by atoms with Gasteiger partial charge >= 0.3 is 0 Å². The van der Waals surface area contributed by atoms with Crippen molar-refractivity contribution >= 4 is 5.91 Å². The summed E-state index contributed by atoms with van der Waals surface area (Å²) in [7, 11) is 0. The van der Waals surface area contributed by atoms with E-state index in [9.17, 15) is 9.59 Å². The van der Waals surface area contributed by atoms with E-state index < -0.39 is 11.6 Å². The Bertz CT molecular complexity index is 1230. The zero-order valence-electron chi connectivity index (χ0n) is 17.2. The van der Waals surface area contributed by atoms with E-state index in [2.05, 4.69) is 15.6 Å². The Hall–Kier alpha value is -3.94. The molecular weight excluding hydrogens is 396 g/mol. The van der Waals surface area contributed by atoms with E-state index in [4.69, 9.17) is 8.94 Å². The topological polar surface area (TPSA) is 103 Å². The van der Waals surface area contributed by atoms with Gasteiger partial charge < -0.3 is 14.3 Å². The third-order valence-electron chi connectivity index (χ3n) is 4.91. The monoisotopic (exact) mass is 418 g/mol. The molecule has 0 bridgehead atoms. The van der Waals surface area contributed by atoms with Crippen molar-refractivity contribution in [3.8, 4) is 22.8 Å². The third kappa shape index (κ3) is 4.48. The van der Waals surface area contributed by atoms with Gasteiger partial charge in [-0.25, -0.2) is 4.68 Å². The van der Waals surface area contributed by atoms with Crippen molar-refractivity contribution in [2.45, 2.75) is 26.3 Å². The van der Waals surface area contributed by atoms with E-state index in [1.54, 1.807) is 32.0 Å². The first-order valence-corrected chi connectivity index (χ1v) is 9.96. The number of benzene rings is 1. The number of carbonyl (C=O) groups excluding carboxylic acids is 1. The third-order valence-corrected chi connectivity index (χ3v) is 4.91. The second-order valence-corrected chi connectivity index (χ2v) is 7.20. The molecule has 0 saturated heterocycles. The average molecular weight is 418 g/mol. The first kappa shape index (κ1) is 20.3. The van der Waals surface area contributed by atoms with Gasteiger partial charge in [0.1, 0.15) is 11.7 Å². The van der Waals surface area contributed by atoms with Crippen LogP contribution in [0.5, 0.6) is 0 Å². The summed E-state index contributed by atoms with van der Waals surface area (Å²) in [4.78, 5) is 25.5. The lowest BCUT2D eigenvalue weighted by Gasteiger charge is -2.16. The lowest BCUT2D eigenvalue weighted by molar-refractivity contribution is -0.124. The molecule has 1 aromatic carbocycles. The molecule has 4 rings (SSSR count). The lowest BCUT2D eigenvalue weighted by Crippen LogP contribution is -2.38. The predicted molar refractivity (Wildman–Crippen MR) is 114 cm³/mol. The minimum Gasteiger partial charge on any atom is -0.463 e. The van der Waals surface area contributed by atoms with Crippen molar-refractivity contribution in [2.24, 2.45) is 0 Å². The molecule has 1 atom stereocenters. The van der Waals surface area contributed by atoms with Crippen LogP contribution in [0.2, 0.25) is 0 Å². The molecule has 8 heteroatoms. The van der Waals surface area contributed by atoms with Crippen molar-refractivity contribution in [3.05, 3.63) is 82.5 Å². The summed E-state index contributed by atoms with van der Waals surface area (Å²) >= 11 is 0. The van der Waals surface area contributed by atoms with Crippen molar-refractivity contribution < 1.29 is 13.7 Å². The van der Waals surface area contributed by atoms with Crippen LogP contribution in [0.25, 0.3) is 22.8 Å². The zero-order chi connectivity index (χ0) is 21.8. The van der Waals surface area contributed by atoms with Gasteiger partial charge in [0.2, 0.25) is 5.91 Å². The number of hydrogen-bond donors (Lipinski definition) is 1. The van der Waals surface area contributed by atoms with Gasteiger partial charge in [-0.1, -0.05) is 35.5 Å². The van der Waals surface area contributed by atoms with Gasteiger partial charge in [-0.15, -0.1) is 0 Å². The average Bonchev–Trinajstić information content (AvgIpc) is 3.46. The Kier molecular flexibility index (Phi) is 5.79. The largest absolute Gasteiger partial charge is 0.463 e. The Balaban J connectivity index is 1.59. The smallest absolute Gasteiger partial charge is 0.268 e. The SMILES string of the molecule is Cc1cc(-c2cc(=O)n([C@@H](C)C(=O)NCCc3ccccc3)nc2-c2ccco2)on1. The summed E-state index contributed by atoms with van der Waals surface area (Å²) in [6.45, 7) is 3.88. The number of amides is 1. The molecule has 3 aromatic heterocycles. The molecular formula is C23H22N4O4. The molecule has 31 heavy (non-hydrogen) atoms. The van der Waals surface area contributed by atoms with Crippen LogP contribution in [0.4, 0.5) is 0 Å². The van der Waals surface area contributed by atoms with Crippen molar-refractivity contribution in [1.82, 2.24) is 20.3 Å². The molecule has 0 spiro atoms. The Labute approximate surface area is 178 Å². The molecule has 1 amide bonds. The first-order valence-electron chi connectivity index (χ1n) is 9.96.